The fraction of sp³-hybridized carbons (Fsp3) is 0.353. The van der Waals surface area contributed by atoms with Gasteiger partial charge in [0.2, 0.25) is 0 Å². The van der Waals surface area contributed by atoms with Gasteiger partial charge >= 0.3 is 0 Å². The van der Waals surface area contributed by atoms with Gasteiger partial charge in [-0.2, -0.15) is 0 Å². The van der Waals surface area contributed by atoms with Crippen LogP contribution >= 0.6 is 0 Å². The third-order valence-corrected chi connectivity index (χ3v) is 4.35. The van der Waals surface area contributed by atoms with Gasteiger partial charge < -0.3 is 19.4 Å². The number of aromatic amines is 1. The molecular formula is C17H19N5O2. The second kappa shape index (κ2) is 6.35. The van der Waals surface area contributed by atoms with Gasteiger partial charge in [0, 0.05) is 6.54 Å². The number of para-hydroxylation sites is 2. The Kier molecular flexibility index (Phi) is 3.90. The number of H-pyrrole nitrogens is 1. The predicted octanol–water partition coefficient (Wildman–Crippen LogP) is 2.41. The van der Waals surface area contributed by atoms with Crippen LogP contribution in [0.3, 0.4) is 0 Å². The Bertz CT molecular complexity index is 834. The maximum atomic E-state index is 6.02. The Hall–Kier alpha value is -2.83. The Morgan fingerprint density at radius 3 is 2.96 bits per heavy atom. The van der Waals surface area contributed by atoms with Crippen LogP contribution in [0.5, 0.6) is 11.5 Å². The number of rotatable bonds is 5. The molecule has 0 unspecified atom stereocenters. The summed E-state index contributed by atoms with van der Waals surface area (Å²) < 4.78 is 11.4. The van der Waals surface area contributed by atoms with Crippen LogP contribution in [-0.2, 0) is 0 Å². The van der Waals surface area contributed by atoms with Gasteiger partial charge in [-0.15, -0.1) is 0 Å². The Balaban J connectivity index is 1.54. The van der Waals surface area contributed by atoms with Crippen LogP contribution in [0.2, 0.25) is 0 Å². The van der Waals surface area contributed by atoms with E-state index >= 15 is 0 Å². The minimum Gasteiger partial charge on any atom is -0.493 e. The second-order valence-corrected chi connectivity index (χ2v) is 5.75. The van der Waals surface area contributed by atoms with Crippen molar-refractivity contribution in [3.05, 3.63) is 36.9 Å². The van der Waals surface area contributed by atoms with Crippen molar-refractivity contribution in [2.75, 3.05) is 25.2 Å². The highest BCUT2D eigenvalue weighted by Gasteiger charge is 2.28. The van der Waals surface area contributed by atoms with Gasteiger partial charge in [0.15, 0.2) is 23.0 Å². The zero-order valence-electron chi connectivity index (χ0n) is 13.5. The monoisotopic (exact) mass is 325 g/mol. The number of hydrogen-bond acceptors (Lipinski definition) is 6. The Labute approximate surface area is 139 Å². The summed E-state index contributed by atoms with van der Waals surface area (Å²) >= 11 is 0. The first kappa shape index (κ1) is 14.7. The zero-order valence-corrected chi connectivity index (χ0v) is 13.5. The lowest BCUT2D eigenvalue weighted by Gasteiger charge is -2.26. The van der Waals surface area contributed by atoms with E-state index in [9.17, 15) is 0 Å². The molecule has 1 aromatic carbocycles. The van der Waals surface area contributed by atoms with E-state index in [-0.39, 0.29) is 6.04 Å². The minimum atomic E-state index is 0.254. The van der Waals surface area contributed by atoms with Crippen molar-refractivity contribution < 1.29 is 9.47 Å². The molecule has 124 valence electrons. The molecule has 0 radical (unpaired) electrons. The topological polar surface area (TPSA) is 76.2 Å². The zero-order chi connectivity index (χ0) is 16.4. The highest BCUT2D eigenvalue weighted by Crippen LogP contribution is 2.30. The number of nitrogens with zero attached hydrogens (tertiary/aromatic N) is 4. The highest BCUT2D eigenvalue weighted by molar-refractivity contribution is 5.83. The van der Waals surface area contributed by atoms with Crippen molar-refractivity contribution in [1.29, 1.82) is 0 Å². The molecule has 24 heavy (non-hydrogen) atoms. The molecule has 0 spiro atoms. The molecule has 2 aromatic heterocycles. The quantitative estimate of drug-likeness (QED) is 0.776. The smallest absolute Gasteiger partial charge is 0.162 e. The first-order chi connectivity index (χ1) is 11.9. The van der Waals surface area contributed by atoms with Crippen LogP contribution in [0.1, 0.15) is 12.8 Å². The number of hydrogen-bond donors (Lipinski definition) is 1. The van der Waals surface area contributed by atoms with E-state index in [2.05, 4.69) is 24.8 Å². The van der Waals surface area contributed by atoms with Gasteiger partial charge in [0.25, 0.3) is 0 Å². The van der Waals surface area contributed by atoms with Crippen molar-refractivity contribution in [2.24, 2.45) is 0 Å². The number of imidazole rings is 1. The molecule has 4 rings (SSSR count). The number of benzene rings is 1. The van der Waals surface area contributed by atoms with Gasteiger partial charge in [-0.1, -0.05) is 12.1 Å². The number of ether oxygens (including phenoxy) is 2. The average Bonchev–Trinajstić information content (AvgIpc) is 3.28. The number of anilines is 1. The van der Waals surface area contributed by atoms with Crippen molar-refractivity contribution in [1.82, 2.24) is 19.9 Å². The maximum absolute atomic E-state index is 6.02. The molecule has 7 heteroatoms. The van der Waals surface area contributed by atoms with E-state index in [4.69, 9.17) is 9.47 Å². The molecule has 0 saturated carbocycles. The van der Waals surface area contributed by atoms with E-state index in [1.807, 2.05) is 24.3 Å². The van der Waals surface area contributed by atoms with Crippen molar-refractivity contribution in [2.45, 2.75) is 18.9 Å². The summed E-state index contributed by atoms with van der Waals surface area (Å²) in [5.74, 6) is 2.38. The molecule has 3 heterocycles. The lowest BCUT2D eigenvalue weighted by molar-refractivity contribution is 0.271. The summed E-state index contributed by atoms with van der Waals surface area (Å²) in [4.78, 5) is 18.3. The summed E-state index contributed by atoms with van der Waals surface area (Å²) in [7, 11) is 1.65. The SMILES string of the molecule is COc1ccccc1OC[C@H]1CCCN1c1ncnc2[nH]cnc12. The van der Waals surface area contributed by atoms with Crippen molar-refractivity contribution in [3.8, 4) is 11.5 Å². The van der Waals surface area contributed by atoms with E-state index in [1.165, 1.54) is 0 Å². The predicted molar refractivity (Wildman–Crippen MR) is 90.5 cm³/mol. The molecular weight excluding hydrogens is 306 g/mol. The second-order valence-electron chi connectivity index (χ2n) is 5.75. The molecule has 1 aliphatic heterocycles. The summed E-state index contributed by atoms with van der Waals surface area (Å²) in [6.07, 6.45) is 5.40. The minimum absolute atomic E-state index is 0.254. The first-order valence-corrected chi connectivity index (χ1v) is 8.03. The standard InChI is InChI=1S/C17H19N5O2/c1-23-13-6-2-3-7-14(13)24-9-12-5-4-8-22(12)17-15-16(19-10-18-15)20-11-21-17/h2-3,6-7,10-12H,4-5,8-9H2,1H3,(H,18,19,20,21)/t12-/m1/s1. The third kappa shape index (κ3) is 2.62. The van der Waals surface area contributed by atoms with E-state index in [0.717, 1.165) is 47.9 Å². The third-order valence-electron chi connectivity index (χ3n) is 4.35. The first-order valence-electron chi connectivity index (χ1n) is 8.03. The van der Waals surface area contributed by atoms with Crippen LogP contribution in [0.25, 0.3) is 11.2 Å². The number of methoxy groups -OCH3 is 1. The van der Waals surface area contributed by atoms with Crippen LogP contribution in [-0.4, -0.2) is 46.2 Å². The molecule has 1 atom stereocenters. The van der Waals surface area contributed by atoms with E-state index < -0.39 is 0 Å². The number of fused-ring (bicyclic) bond motifs is 1. The molecule has 1 fully saturated rings. The molecule has 0 aliphatic carbocycles. The molecule has 0 amide bonds. The summed E-state index contributed by atoms with van der Waals surface area (Å²) in [5, 5.41) is 0. The summed E-state index contributed by atoms with van der Waals surface area (Å²) in [6.45, 7) is 1.52. The average molecular weight is 325 g/mol. The van der Waals surface area contributed by atoms with Crippen LogP contribution in [0.4, 0.5) is 5.82 Å². The lowest BCUT2D eigenvalue weighted by Crippen LogP contribution is -2.35. The molecule has 0 bridgehead atoms. The Morgan fingerprint density at radius 2 is 2.08 bits per heavy atom. The van der Waals surface area contributed by atoms with Crippen LogP contribution in [0, 0.1) is 0 Å². The molecule has 1 aliphatic rings. The number of aromatic nitrogens is 4. The largest absolute Gasteiger partial charge is 0.493 e. The summed E-state index contributed by atoms with van der Waals surface area (Å²) in [6, 6.07) is 7.96. The van der Waals surface area contributed by atoms with E-state index in [0.29, 0.717) is 6.61 Å². The maximum Gasteiger partial charge on any atom is 0.162 e. The molecule has 1 saturated heterocycles. The summed E-state index contributed by atoms with van der Waals surface area (Å²) in [5.41, 5.74) is 1.57. The normalized spacial score (nSPS) is 17.4. The van der Waals surface area contributed by atoms with Gasteiger partial charge in [-0.25, -0.2) is 15.0 Å². The molecule has 7 nitrogen and oxygen atoms in total. The van der Waals surface area contributed by atoms with Gasteiger partial charge in [-0.05, 0) is 25.0 Å². The fourth-order valence-corrected chi connectivity index (χ4v) is 3.17. The lowest BCUT2D eigenvalue weighted by atomic mass is 10.2. The van der Waals surface area contributed by atoms with Crippen LogP contribution in [0.15, 0.2) is 36.9 Å². The molecule has 1 N–H and O–H groups in total. The van der Waals surface area contributed by atoms with Crippen molar-refractivity contribution in [3.63, 3.8) is 0 Å². The van der Waals surface area contributed by atoms with Gasteiger partial charge in [0.1, 0.15) is 18.5 Å². The Morgan fingerprint density at radius 1 is 1.21 bits per heavy atom. The number of nitrogens with one attached hydrogen (secondary N) is 1. The molecule has 3 aromatic rings. The highest BCUT2D eigenvalue weighted by atomic mass is 16.5. The van der Waals surface area contributed by atoms with E-state index in [1.54, 1.807) is 19.8 Å². The van der Waals surface area contributed by atoms with Gasteiger partial charge in [-0.3, -0.25) is 0 Å². The fourth-order valence-electron chi connectivity index (χ4n) is 3.17. The van der Waals surface area contributed by atoms with Crippen molar-refractivity contribution >= 4 is 17.0 Å². The van der Waals surface area contributed by atoms with Gasteiger partial charge in [0.05, 0.1) is 19.5 Å². The van der Waals surface area contributed by atoms with Crippen LogP contribution < -0.4 is 14.4 Å².